The van der Waals surface area contributed by atoms with Crippen LogP contribution in [0.25, 0.3) is 0 Å². The molecule has 26 heavy (non-hydrogen) atoms. The minimum atomic E-state index is -4.05. The fourth-order valence-electron chi connectivity index (χ4n) is 2.86. The zero-order valence-electron chi connectivity index (χ0n) is 14.6. The maximum atomic E-state index is 12.8. The smallest absolute Gasteiger partial charge is 0.329 e. The molecule has 0 atom stereocenters. The number of urea groups is 1. The highest BCUT2D eigenvalue weighted by molar-refractivity contribution is 7.90. The Morgan fingerprint density at radius 2 is 1.69 bits per heavy atom. The van der Waals surface area contributed by atoms with Crippen molar-refractivity contribution in [2.24, 2.45) is 0 Å². The van der Waals surface area contributed by atoms with E-state index >= 15 is 0 Å². The molecule has 0 unspecified atom stereocenters. The first-order valence-corrected chi connectivity index (χ1v) is 9.45. The molecule has 8 heteroatoms. The number of rotatable bonds is 2. The molecule has 0 saturated carbocycles. The number of hydrogen-bond acceptors (Lipinski definition) is 4. The Morgan fingerprint density at radius 1 is 1.08 bits per heavy atom. The van der Waals surface area contributed by atoms with E-state index < -0.39 is 21.7 Å². The molecule has 2 N–H and O–H groups in total. The van der Waals surface area contributed by atoms with Gasteiger partial charge in [-0.3, -0.25) is 9.69 Å². The normalized spacial score (nSPS) is 15.8. The van der Waals surface area contributed by atoms with Crippen molar-refractivity contribution in [3.05, 3.63) is 59.7 Å². The molecule has 136 valence electrons. The van der Waals surface area contributed by atoms with Crippen molar-refractivity contribution in [3.8, 4) is 0 Å². The molecule has 0 fully saturated rings. The van der Waals surface area contributed by atoms with Crippen molar-refractivity contribution >= 4 is 27.6 Å². The fraction of sp³-hybridized carbons (Fsp3) is 0.222. The minimum Gasteiger partial charge on any atom is -0.329 e. The number of nitrogens with one attached hydrogen (secondary N) is 2. The molecule has 0 aromatic heterocycles. The third-order valence-corrected chi connectivity index (χ3v) is 5.46. The number of aryl methyl sites for hydroxylation is 1. The van der Waals surface area contributed by atoms with Crippen LogP contribution in [0.4, 0.5) is 10.5 Å². The summed E-state index contributed by atoms with van der Waals surface area (Å²) < 4.78 is 27.2. The summed E-state index contributed by atoms with van der Waals surface area (Å²) in [5.74, 6) is -0.323. The first kappa shape index (κ1) is 17.9. The van der Waals surface area contributed by atoms with Gasteiger partial charge in [0.15, 0.2) is 0 Å². The van der Waals surface area contributed by atoms with Crippen LogP contribution in [0.15, 0.2) is 53.4 Å². The second-order valence-electron chi connectivity index (χ2n) is 6.59. The molecular formula is C18H19N3O4S. The number of anilines is 1. The number of amides is 3. The molecule has 1 heterocycles. The van der Waals surface area contributed by atoms with E-state index in [9.17, 15) is 18.0 Å². The SMILES string of the molecule is Cc1ccc(S(=O)(=O)NC(=O)N2c3ccccc3C(=O)NC2(C)C)cc1. The molecule has 1 aliphatic heterocycles. The number of benzene rings is 2. The number of para-hydroxylation sites is 1. The van der Waals surface area contributed by atoms with Gasteiger partial charge < -0.3 is 5.32 Å². The average Bonchev–Trinajstić information content (AvgIpc) is 2.54. The van der Waals surface area contributed by atoms with Crippen LogP contribution in [0, 0.1) is 6.92 Å². The fourth-order valence-corrected chi connectivity index (χ4v) is 3.80. The predicted octanol–water partition coefficient (Wildman–Crippen LogP) is 2.38. The average molecular weight is 373 g/mol. The molecule has 3 rings (SSSR count). The molecule has 2 aromatic carbocycles. The van der Waals surface area contributed by atoms with Crippen molar-refractivity contribution in [1.82, 2.24) is 10.0 Å². The monoisotopic (exact) mass is 373 g/mol. The highest BCUT2D eigenvalue weighted by Crippen LogP contribution is 2.31. The van der Waals surface area contributed by atoms with Gasteiger partial charge in [-0.1, -0.05) is 29.8 Å². The van der Waals surface area contributed by atoms with Crippen LogP contribution in [-0.2, 0) is 10.0 Å². The lowest BCUT2D eigenvalue weighted by Gasteiger charge is -2.43. The van der Waals surface area contributed by atoms with Gasteiger partial charge in [-0.15, -0.1) is 0 Å². The summed E-state index contributed by atoms with van der Waals surface area (Å²) in [7, 11) is -4.05. The van der Waals surface area contributed by atoms with Gasteiger partial charge in [-0.05, 0) is 45.0 Å². The van der Waals surface area contributed by atoms with Crippen LogP contribution in [0.5, 0.6) is 0 Å². The van der Waals surface area contributed by atoms with Gasteiger partial charge in [0.25, 0.3) is 15.9 Å². The Hall–Kier alpha value is -2.87. The van der Waals surface area contributed by atoms with Gasteiger partial charge in [0, 0.05) is 0 Å². The van der Waals surface area contributed by atoms with Crippen molar-refractivity contribution in [2.75, 3.05) is 4.90 Å². The lowest BCUT2D eigenvalue weighted by atomic mass is 10.0. The summed E-state index contributed by atoms with van der Waals surface area (Å²) in [6, 6.07) is 11.9. The van der Waals surface area contributed by atoms with E-state index in [-0.39, 0.29) is 10.8 Å². The second-order valence-corrected chi connectivity index (χ2v) is 8.27. The standard InChI is InChI=1S/C18H19N3O4S/c1-12-8-10-13(11-9-12)26(24,25)20-17(23)21-15-7-5-4-6-14(15)16(22)19-18(21,2)3/h4-11H,1-3H3,(H,19,22)(H,20,23). The Balaban J connectivity index is 1.97. The Bertz CT molecular complexity index is 982. The number of carbonyl (C=O) groups is 2. The van der Waals surface area contributed by atoms with Crippen LogP contribution in [-0.4, -0.2) is 26.0 Å². The predicted molar refractivity (Wildman–Crippen MR) is 97.4 cm³/mol. The summed E-state index contributed by atoms with van der Waals surface area (Å²) in [6.07, 6.45) is 0. The highest BCUT2D eigenvalue weighted by atomic mass is 32.2. The van der Waals surface area contributed by atoms with E-state index in [4.69, 9.17) is 0 Å². The summed E-state index contributed by atoms with van der Waals surface area (Å²) in [6.45, 7) is 5.09. The molecular weight excluding hydrogens is 354 g/mol. The molecule has 0 radical (unpaired) electrons. The number of nitrogens with zero attached hydrogens (tertiary/aromatic N) is 1. The first-order valence-electron chi connectivity index (χ1n) is 7.97. The van der Waals surface area contributed by atoms with Crippen molar-refractivity contribution in [3.63, 3.8) is 0 Å². The zero-order chi connectivity index (χ0) is 19.1. The summed E-state index contributed by atoms with van der Waals surface area (Å²) in [5, 5.41) is 2.71. The summed E-state index contributed by atoms with van der Waals surface area (Å²) >= 11 is 0. The Labute approximate surface area is 152 Å². The number of fused-ring (bicyclic) bond motifs is 1. The van der Waals surface area contributed by atoms with E-state index in [2.05, 4.69) is 10.0 Å². The van der Waals surface area contributed by atoms with Gasteiger partial charge in [0.05, 0.1) is 16.1 Å². The third kappa shape index (κ3) is 3.15. The molecule has 2 aromatic rings. The van der Waals surface area contributed by atoms with Crippen molar-refractivity contribution in [1.29, 1.82) is 0 Å². The summed E-state index contributed by atoms with van der Waals surface area (Å²) in [5.41, 5.74) is 0.454. The van der Waals surface area contributed by atoms with Gasteiger partial charge in [0.2, 0.25) is 0 Å². The summed E-state index contributed by atoms with van der Waals surface area (Å²) in [4.78, 5) is 26.3. The lowest BCUT2D eigenvalue weighted by molar-refractivity contribution is 0.0902. The molecule has 7 nitrogen and oxygen atoms in total. The van der Waals surface area contributed by atoms with E-state index in [1.54, 1.807) is 50.2 Å². The van der Waals surface area contributed by atoms with Crippen LogP contribution >= 0.6 is 0 Å². The molecule has 3 amide bonds. The van der Waals surface area contributed by atoms with Gasteiger partial charge >= 0.3 is 6.03 Å². The van der Waals surface area contributed by atoms with E-state index in [0.29, 0.717) is 11.3 Å². The topological polar surface area (TPSA) is 95.6 Å². The Kier molecular flexibility index (Phi) is 4.23. The molecule has 1 aliphatic rings. The second kappa shape index (κ2) is 6.14. The zero-order valence-corrected chi connectivity index (χ0v) is 15.4. The van der Waals surface area contributed by atoms with Gasteiger partial charge in [-0.25, -0.2) is 17.9 Å². The quantitative estimate of drug-likeness (QED) is 0.845. The van der Waals surface area contributed by atoms with E-state index in [1.165, 1.54) is 17.0 Å². The molecule has 0 saturated heterocycles. The third-order valence-electron chi connectivity index (χ3n) is 4.12. The van der Waals surface area contributed by atoms with Crippen LogP contribution in [0.1, 0.15) is 29.8 Å². The van der Waals surface area contributed by atoms with Crippen molar-refractivity contribution in [2.45, 2.75) is 31.3 Å². The van der Waals surface area contributed by atoms with Crippen molar-refractivity contribution < 1.29 is 18.0 Å². The van der Waals surface area contributed by atoms with E-state index in [0.717, 1.165) is 5.56 Å². The molecule has 0 aliphatic carbocycles. The van der Waals surface area contributed by atoms with Crippen LogP contribution in [0.3, 0.4) is 0 Å². The number of carbonyl (C=O) groups excluding carboxylic acids is 2. The van der Waals surface area contributed by atoms with Gasteiger partial charge in [0.1, 0.15) is 5.66 Å². The van der Waals surface area contributed by atoms with E-state index in [1.807, 2.05) is 6.92 Å². The highest BCUT2D eigenvalue weighted by Gasteiger charge is 2.41. The molecule has 0 bridgehead atoms. The maximum Gasteiger partial charge on any atom is 0.337 e. The number of hydrogen-bond donors (Lipinski definition) is 2. The minimum absolute atomic E-state index is 0.0106. The van der Waals surface area contributed by atoms with Gasteiger partial charge in [-0.2, -0.15) is 0 Å². The van der Waals surface area contributed by atoms with Crippen LogP contribution < -0.4 is 14.9 Å². The first-order chi connectivity index (χ1) is 12.1. The largest absolute Gasteiger partial charge is 0.337 e. The Morgan fingerprint density at radius 3 is 2.35 bits per heavy atom. The maximum absolute atomic E-state index is 12.8. The molecule has 0 spiro atoms. The van der Waals surface area contributed by atoms with Crippen LogP contribution in [0.2, 0.25) is 0 Å². The number of sulfonamides is 1. The lowest BCUT2D eigenvalue weighted by Crippen LogP contribution is -2.64.